The van der Waals surface area contributed by atoms with Crippen LogP contribution in [0.15, 0.2) is 0 Å². The summed E-state index contributed by atoms with van der Waals surface area (Å²) < 4.78 is 13.8. The molecule has 2 nitrogen and oxygen atoms in total. The van der Waals surface area contributed by atoms with Crippen molar-refractivity contribution in [3.05, 3.63) is 0 Å². The van der Waals surface area contributed by atoms with Gasteiger partial charge in [-0.05, 0) is 167 Å². The minimum absolute atomic E-state index is 0.275. The third-order valence-electron chi connectivity index (χ3n) is 14.5. The summed E-state index contributed by atoms with van der Waals surface area (Å²) in [4.78, 5) is 0. The van der Waals surface area contributed by atoms with Crippen LogP contribution < -0.4 is 0 Å². The minimum Gasteiger partial charge on any atom is -0.415 e. The molecule has 0 heterocycles. The largest absolute Gasteiger partial charge is 0.415 e. The Kier molecular flexibility index (Phi) is 7.44. The van der Waals surface area contributed by atoms with Crippen LogP contribution in [0.4, 0.5) is 0 Å². The molecule has 0 radical (unpaired) electrons. The maximum Gasteiger partial charge on any atom is 0.184 e. The van der Waals surface area contributed by atoms with Gasteiger partial charge in [-0.3, -0.25) is 0 Å². The number of fused-ring (bicyclic) bond motifs is 7. The molecule has 5 saturated carbocycles. The molecule has 0 aliphatic heterocycles. The average Bonchev–Trinajstić information content (AvgIpc) is 3.12. The molecule has 5 aliphatic carbocycles. The van der Waals surface area contributed by atoms with Crippen LogP contribution in [0.5, 0.6) is 0 Å². The van der Waals surface area contributed by atoms with Crippen LogP contribution >= 0.6 is 0 Å². The Morgan fingerprint density at radius 1 is 0.641 bits per heavy atom. The van der Waals surface area contributed by atoms with Crippen molar-refractivity contribution in [3.63, 3.8) is 0 Å². The quantitative estimate of drug-likeness (QED) is 0.304. The van der Waals surface area contributed by atoms with Crippen molar-refractivity contribution in [1.29, 1.82) is 0 Å². The molecule has 4 unspecified atom stereocenters. The number of hydrogen-bond acceptors (Lipinski definition) is 2. The summed E-state index contributed by atoms with van der Waals surface area (Å²) in [5, 5.41) is 0. The molecule has 0 amide bonds. The smallest absolute Gasteiger partial charge is 0.184 e. The zero-order valence-electron chi connectivity index (χ0n) is 28.4. The van der Waals surface area contributed by atoms with E-state index in [1.165, 1.54) is 64.2 Å². The van der Waals surface area contributed by atoms with Gasteiger partial charge in [-0.1, -0.05) is 41.5 Å². The molecule has 0 aromatic carbocycles. The fourth-order valence-electron chi connectivity index (χ4n) is 12.8. The molecule has 0 aromatic rings. The standard InChI is InChI=1S/C35H66O2Si2/c1-24(36-38(8,9)10)25-16-19-32(4)22-23-34(6)26(30(25)32)14-15-28-33(5)20-18-29(37-39(11,12)13)31(2,3)27(33)17-21-35(28,34)7/h24-30H,14-23H2,1-13H3/t24-,25-,26?,27?,28?,29-,30?,32+,33-,34+,35+/m0/s1. The zero-order valence-corrected chi connectivity index (χ0v) is 30.4. The highest BCUT2D eigenvalue weighted by molar-refractivity contribution is 6.70. The normalized spacial score (nSPS) is 50.4. The van der Waals surface area contributed by atoms with E-state index >= 15 is 0 Å². The average molecular weight is 575 g/mol. The zero-order chi connectivity index (χ0) is 29.0. The topological polar surface area (TPSA) is 18.5 Å². The lowest BCUT2D eigenvalue weighted by Crippen LogP contribution is -2.67. The van der Waals surface area contributed by atoms with Crippen molar-refractivity contribution in [2.24, 2.45) is 56.7 Å². The highest BCUT2D eigenvalue weighted by atomic mass is 28.4. The minimum atomic E-state index is -1.56. The summed E-state index contributed by atoms with van der Waals surface area (Å²) in [7, 11) is -3.10. The summed E-state index contributed by atoms with van der Waals surface area (Å²) in [6, 6.07) is 0. The van der Waals surface area contributed by atoms with Crippen LogP contribution in [0.3, 0.4) is 0 Å². The molecule has 39 heavy (non-hydrogen) atoms. The van der Waals surface area contributed by atoms with Gasteiger partial charge < -0.3 is 8.85 Å². The molecular weight excluding hydrogens is 509 g/mol. The van der Waals surface area contributed by atoms with E-state index in [1.807, 2.05) is 0 Å². The lowest BCUT2D eigenvalue weighted by Gasteiger charge is -2.73. The first kappa shape index (κ1) is 30.8. The van der Waals surface area contributed by atoms with Gasteiger partial charge in [-0.25, -0.2) is 0 Å². The molecule has 226 valence electrons. The number of hydrogen-bond donors (Lipinski definition) is 0. The van der Waals surface area contributed by atoms with Crippen LogP contribution in [-0.2, 0) is 8.85 Å². The van der Waals surface area contributed by atoms with E-state index in [0.717, 1.165) is 29.6 Å². The van der Waals surface area contributed by atoms with E-state index in [9.17, 15) is 0 Å². The van der Waals surface area contributed by atoms with Gasteiger partial charge in [0.05, 0.1) is 6.10 Å². The second kappa shape index (κ2) is 9.42. The van der Waals surface area contributed by atoms with E-state index in [-0.39, 0.29) is 5.41 Å². The van der Waals surface area contributed by atoms with Crippen LogP contribution in [0.2, 0.25) is 39.3 Å². The first-order valence-electron chi connectivity index (χ1n) is 17.0. The van der Waals surface area contributed by atoms with E-state index in [0.29, 0.717) is 33.9 Å². The van der Waals surface area contributed by atoms with Gasteiger partial charge in [-0.15, -0.1) is 0 Å². The monoisotopic (exact) mass is 574 g/mol. The molecule has 4 heteroatoms. The van der Waals surface area contributed by atoms with Crippen LogP contribution in [0.1, 0.15) is 113 Å². The third-order valence-corrected chi connectivity index (χ3v) is 16.5. The highest BCUT2D eigenvalue weighted by Gasteiger charge is 2.70. The van der Waals surface area contributed by atoms with Crippen molar-refractivity contribution in [1.82, 2.24) is 0 Å². The predicted octanol–water partition coefficient (Wildman–Crippen LogP) is 10.5. The molecule has 0 aromatic heterocycles. The van der Waals surface area contributed by atoms with E-state index in [4.69, 9.17) is 8.85 Å². The molecule has 0 spiro atoms. The first-order chi connectivity index (χ1) is 17.7. The van der Waals surface area contributed by atoms with Gasteiger partial charge in [0, 0.05) is 6.10 Å². The molecule has 5 aliphatic rings. The third kappa shape index (κ3) is 4.75. The Morgan fingerprint density at radius 3 is 1.92 bits per heavy atom. The van der Waals surface area contributed by atoms with E-state index in [1.54, 1.807) is 0 Å². The molecular formula is C35H66O2Si2. The highest BCUT2D eigenvalue weighted by Crippen LogP contribution is 2.77. The first-order valence-corrected chi connectivity index (χ1v) is 23.9. The van der Waals surface area contributed by atoms with Crippen molar-refractivity contribution in [2.75, 3.05) is 0 Å². The van der Waals surface area contributed by atoms with Crippen LogP contribution in [0.25, 0.3) is 0 Å². The van der Waals surface area contributed by atoms with Crippen molar-refractivity contribution in [2.45, 2.75) is 164 Å². The second-order valence-electron chi connectivity index (χ2n) is 19.1. The molecule has 0 N–H and O–H groups in total. The summed E-state index contributed by atoms with van der Waals surface area (Å²) in [6.07, 6.45) is 15.0. The molecule has 0 bridgehead atoms. The molecule has 5 rings (SSSR count). The van der Waals surface area contributed by atoms with Gasteiger partial charge in [0.25, 0.3) is 0 Å². The Balaban J connectivity index is 1.46. The van der Waals surface area contributed by atoms with Gasteiger partial charge in [-0.2, -0.15) is 0 Å². The summed E-state index contributed by atoms with van der Waals surface area (Å²) in [6.45, 7) is 33.0. The Labute approximate surface area is 245 Å². The maximum atomic E-state index is 6.91. The van der Waals surface area contributed by atoms with Crippen LogP contribution in [0, 0.1) is 56.7 Å². The van der Waals surface area contributed by atoms with Crippen molar-refractivity contribution in [3.8, 4) is 0 Å². The lowest BCUT2D eigenvalue weighted by atomic mass is 9.32. The fourth-order valence-corrected chi connectivity index (χ4v) is 15.3. The Hall–Kier alpha value is 0.354. The van der Waals surface area contributed by atoms with Gasteiger partial charge >= 0.3 is 0 Å². The SMILES string of the molecule is C[C@H](O[Si](C)(C)C)[C@@H]1CC[C@]2(C)CC[C@]3(C)C(CCC4[C@@]5(C)CC[C@H](O[Si](C)(C)C)C(C)(C)C5CC[C@]43C)C12. The molecule has 0 saturated heterocycles. The predicted molar refractivity (Wildman–Crippen MR) is 172 cm³/mol. The lowest BCUT2D eigenvalue weighted by molar-refractivity contribution is -0.247. The van der Waals surface area contributed by atoms with E-state index in [2.05, 4.69) is 87.7 Å². The van der Waals surface area contributed by atoms with Gasteiger partial charge in [0.1, 0.15) is 0 Å². The summed E-state index contributed by atoms with van der Waals surface area (Å²) >= 11 is 0. The van der Waals surface area contributed by atoms with Crippen molar-refractivity contribution < 1.29 is 8.85 Å². The molecule has 11 atom stereocenters. The van der Waals surface area contributed by atoms with Crippen LogP contribution in [-0.4, -0.2) is 28.8 Å². The Bertz CT molecular complexity index is 934. The second-order valence-corrected chi connectivity index (χ2v) is 28.0. The number of rotatable bonds is 5. The maximum absolute atomic E-state index is 6.91. The summed E-state index contributed by atoms with van der Waals surface area (Å²) in [5.41, 5.74) is 2.18. The van der Waals surface area contributed by atoms with Crippen molar-refractivity contribution >= 4 is 16.6 Å². The molecule has 5 fully saturated rings. The fraction of sp³-hybridized carbons (Fsp3) is 1.00. The van der Waals surface area contributed by atoms with E-state index < -0.39 is 16.6 Å². The van der Waals surface area contributed by atoms with Gasteiger partial charge in [0.15, 0.2) is 16.6 Å². The van der Waals surface area contributed by atoms with Gasteiger partial charge in [0.2, 0.25) is 0 Å². The summed E-state index contributed by atoms with van der Waals surface area (Å²) in [5.74, 6) is 4.13. The Morgan fingerprint density at radius 2 is 1.31 bits per heavy atom.